The first-order chi connectivity index (χ1) is 11.9. The van der Waals surface area contributed by atoms with E-state index in [1.54, 1.807) is 37.5 Å². The molecule has 0 fully saturated rings. The zero-order valence-electron chi connectivity index (χ0n) is 14.4. The number of hydrogen-bond donors (Lipinski definition) is 0. The van der Waals surface area contributed by atoms with Crippen LogP contribution in [0.3, 0.4) is 0 Å². The molecule has 2 aromatic rings. The second kappa shape index (κ2) is 8.62. The fourth-order valence-electron chi connectivity index (χ4n) is 2.09. The van der Waals surface area contributed by atoms with Gasteiger partial charge in [0.1, 0.15) is 0 Å². The van der Waals surface area contributed by atoms with Gasteiger partial charge in [0.05, 0.1) is 17.0 Å². The SMILES string of the molecule is CCN(C)C=Nc1cc(C)c(C(=O)COc2ccccc2F)cc1Cl. The van der Waals surface area contributed by atoms with Crippen LogP contribution < -0.4 is 4.74 Å². The normalized spacial score (nSPS) is 10.9. The predicted octanol–water partition coefficient (Wildman–Crippen LogP) is 4.66. The maximum absolute atomic E-state index is 13.5. The molecule has 6 heteroatoms. The van der Waals surface area contributed by atoms with Crippen molar-refractivity contribution in [3.05, 3.63) is 58.4 Å². The third-order valence-corrected chi connectivity index (χ3v) is 3.99. The summed E-state index contributed by atoms with van der Waals surface area (Å²) >= 11 is 6.23. The van der Waals surface area contributed by atoms with Crippen molar-refractivity contribution in [2.75, 3.05) is 20.2 Å². The van der Waals surface area contributed by atoms with Gasteiger partial charge in [0.25, 0.3) is 0 Å². The van der Waals surface area contributed by atoms with Crippen LogP contribution in [-0.2, 0) is 0 Å². The molecule has 0 radical (unpaired) electrons. The lowest BCUT2D eigenvalue weighted by Crippen LogP contribution is -2.14. The summed E-state index contributed by atoms with van der Waals surface area (Å²) in [5.74, 6) is -0.734. The van der Waals surface area contributed by atoms with Crippen LogP contribution in [0, 0.1) is 12.7 Å². The molecule has 132 valence electrons. The van der Waals surface area contributed by atoms with E-state index < -0.39 is 5.82 Å². The van der Waals surface area contributed by atoms with Gasteiger partial charge in [-0.1, -0.05) is 23.7 Å². The molecule has 0 saturated carbocycles. The van der Waals surface area contributed by atoms with Crippen molar-refractivity contribution >= 4 is 29.4 Å². The lowest BCUT2D eigenvalue weighted by atomic mass is 10.0. The number of carbonyl (C=O) groups is 1. The first kappa shape index (κ1) is 18.9. The number of Topliss-reactive ketones (excluding diaryl/α,β-unsaturated/α-hetero) is 1. The molecule has 0 bridgehead atoms. The number of halogens is 2. The van der Waals surface area contributed by atoms with E-state index in [2.05, 4.69) is 4.99 Å². The van der Waals surface area contributed by atoms with E-state index >= 15 is 0 Å². The lowest BCUT2D eigenvalue weighted by molar-refractivity contribution is 0.0918. The summed E-state index contributed by atoms with van der Waals surface area (Å²) in [7, 11) is 1.90. The molecule has 0 aromatic heterocycles. The zero-order valence-corrected chi connectivity index (χ0v) is 15.2. The Morgan fingerprint density at radius 2 is 2.08 bits per heavy atom. The number of nitrogens with zero attached hydrogens (tertiary/aromatic N) is 2. The maximum Gasteiger partial charge on any atom is 0.200 e. The van der Waals surface area contributed by atoms with Crippen molar-refractivity contribution in [1.29, 1.82) is 0 Å². The Labute approximate surface area is 151 Å². The average molecular weight is 363 g/mol. The van der Waals surface area contributed by atoms with Crippen molar-refractivity contribution in [2.24, 2.45) is 4.99 Å². The van der Waals surface area contributed by atoms with Gasteiger partial charge >= 0.3 is 0 Å². The highest BCUT2D eigenvalue weighted by atomic mass is 35.5. The standard InChI is InChI=1S/C19H20ClFN2O2/c1-4-23(3)12-22-17-9-13(2)14(10-15(17)20)18(24)11-25-19-8-6-5-7-16(19)21/h5-10,12H,4,11H2,1-3H3. The molecular weight excluding hydrogens is 343 g/mol. The second-order valence-electron chi connectivity index (χ2n) is 5.58. The number of hydrogen-bond acceptors (Lipinski definition) is 3. The average Bonchev–Trinajstić information content (AvgIpc) is 2.60. The number of aryl methyl sites for hydroxylation is 1. The maximum atomic E-state index is 13.5. The van der Waals surface area contributed by atoms with Crippen LogP contribution in [-0.4, -0.2) is 37.2 Å². The molecule has 0 amide bonds. The molecule has 2 aromatic carbocycles. The Hall–Kier alpha value is -2.40. The summed E-state index contributed by atoms with van der Waals surface area (Å²) in [6.45, 7) is 4.37. The van der Waals surface area contributed by atoms with Crippen LogP contribution in [0.2, 0.25) is 5.02 Å². The molecule has 0 aliphatic heterocycles. The lowest BCUT2D eigenvalue weighted by Gasteiger charge is -2.11. The van der Waals surface area contributed by atoms with Gasteiger partial charge in [-0.25, -0.2) is 9.38 Å². The number of ketones is 1. The Morgan fingerprint density at radius 3 is 2.76 bits per heavy atom. The number of benzene rings is 2. The number of carbonyl (C=O) groups excluding carboxylic acids is 1. The summed E-state index contributed by atoms with van der Waals surface area (Å²) in [6.07, 6.45) is 1.68. The van der Waals surface area contributed by atoms with Gasteiger partial charge in [-0.2, -0.15) is 0 Å². The molecule has 0 aliphatic carbocycles. The van der Waals surface area contributed by atoms with E-state index in [4.69, 9.17) is 16.3 Å². The number of ether oxygens (including phenoxy) is 1. The monoisotopic (exact) mass is 362 g/mol. The minimum absolute atomic E-state index is 0.0448. The van der Waals surface area contributed by atoms with Crippen LogP contribution in [0.1, 0.15) is 22.8 Å². The minimum Gasteiger partial charge on any atom is -0.482 e. The van der Waals surface area contributed by atoms with Crippen LogP contribution in [0.25, 0.3) is 0 Å². The molecule has 0 N–H and O–H groups in total. The van der Waals surface area contributed by atoms with Crippen molar-refractivity contribution in [3.8, 4) is 5.75 Å². The number of para-hydroxylation sites is 1. The quantitative estimate of drug-likeness (QED) is 0.408. The number of rotatable bonds is 7. The highest BCUT2D eigenvalue weighted by Gasteiger charge is 2.14. The predicted molar refractivity (Wildman–Crippen MR) is 98.9 cm³/mol. The topological polar surface area (TPSA) is 41.9 Å². The van der Waals surface area contributed by atoms with E-state index in [9.17, 15) is 9.18 Å². The highest BCUT2D eigenvalue weighted by Crippen LogP contribution is 2.29. The first-order valence-corrected chi connectivity index (χ1v) is 8.25. The zero-order chi connectivity index (χ0) is 18.4. The van der Waals surface area contributed by atoms with Gasteiger partial charge in [0.2, 0.25) is 5.78 Å². The highest BCUT2D eigenvalue weighted by molar-refractivity contribution is 6.33. The van der Waals surface area contributed by atoms with Crippen LogP contribution in [0.5, 0.6) is 5.75 Å². The largest absolute Gasteiger partial charge is 0.482 e. The Bertz CT molecular complexity index is 793. The summed E-state index contributed by atoms with van der Waals surface area (Å²) in [5, 5.41) is 0.376. The Balaban J connectivity index is 2.13. The van der Waals surface area contributed by atoms with Crippen molar-refractivity contribution < 1.29 is 13.9 Å². The molecule has 25 heavy (non-hydrogen) atoms. The van der Waals surface area contributed by atoms with Crippen molar-refractivity contribution in [2.45, 2.75) is 13.8 Å². The molecule has 0 saturated heterocycles. The molecule has 0 heterocycles. The molecule has 0 atom stereocenters. The van der Waals surface area contributed by atoms with Crippen molar-refractivity contribution in [3.63, 3.8) is 0 Å². The Morgan fingerprint density at radius 1 is 1.36 bits per heavy atom. The van der Waals surface area contributed by atoms with Gasteiger partial charge < -0.3 is 9.64 Å². The van der Waals surface area contributed by atoms with E-state index in [1.807, 2.05) is 18.9 Å². The van der Waals surface area contributed by atoms with Crippen LogP contribution in [0.15, 0.2) is 41.4 Å². The van der Waals surface area contributed by atoms with E-state index in [1.165, 1.54) is 12.1 Å². The van der Waals surface area contributed by atoms with Gasteiger partial charge in [-0.3, -0.25) is 4.79 Å². The second-order valence-corrected chi connectivity index (χ2v) is 5.99. The molecule has 4 nitrogen and oxygen atoms in total. The van der Waals surface area contributed by atoms with Gasteiger partial charge in [-0.05, 0) is 43.7 Å². The molecule has 0 spiro atoms. The number of aliphatic imine (C=N–C) groups is 1. The van der Waals surface area contributed by atoms with E-state index in [0.717, 1.165) is 12.1 Å². The summed E-state index contributed by atoms with van der Waals surface area (Å²) in [6, 6.07) is 9.28. The molecule has 2 rings (SSSR count). The Kier molecular flexibility index (Phi) is 6.53. The van der Waals surface area contributed by atoms with Gasteiger partial charge in [0.15, 0.2) is 18.2 Å². The summed E-state index contributed by atoms with van der Waals surface area (Å²) in [4.78, 5) is 18.6. The molecule has 0 unspecified atom stereocenters. The van der Waals surface area contributed by atoms with E-state index in [0.29, 0.717) is 16.3 Å². The van der Waals surface area contributed by atoms with Gasteiger partial charge in [0, 0.05) is 19.2 Å². The smallest absolute Gasteiger partial charge is 0.200 e. The molecule has 0 aliphatic rings. The molecular formula is C19H20ClFN2O2. The van der Waals surface area contributed by atoms with Crippen LogP contribution >= 0.6 is 11.6 Å². The third-order valence-electron chi connectivity index (χ3n) is 3.68. The van der Waals surface area contributed by atoms with Crippen molar-refractivity contribution in [1.82, 2.24) is 4.90 Å². The summed E-state index contributed by atoms with van der Waals surface area (Å²) in [5.41, 5.74) is 1.76. The van der Waals surface area contributed by atoms with Gasteiger partial charge in [-0.15, -0.1) is 0 Å². The third kappa shape index (κ3) is 5.03. The fraction of sp³-hybridized carbons (Fsp3) is 0.263. The van der Waals surface area contributed by atoms with Crippen LogP contribution in [0.4, 0.5) is 10.1 Å². The minimum atomic E-state index is -0.505. The first-order valence-electron chi connectivity index (χ1n) is 7.87. The van der Waals surface area contributed by atoms with E-state index in [-0.39, 0.29) is 18.1 Å². The summed E-state index contributed by atoms with van der Waals surface area (Å²) < 4.78 is 18.8. The fourth-order valence-corrected chi connectivity index (χ4v) is 2.30.